The standard InChI is InChI=1S/C30H34N6/c1-35-18-24(22-8-6-20(16-26(22)35)28-31-12-13-32-28)30(10-4-3-5-11-30)25-19-36(2)27-17-21(7-9-23(25)27)29-33-14-15-34-29/h6-9,16-19H,3-5,10-15H2,1-2H3,(H,31,32)(H,33,34). The molecule has 0 unspecified atom stereocenters. The summed E-state index contributed by atoms with van der Waals surface area (Å²) >= 11 is 0. The van der Waals surface area contributed by atoms with Gasteiger partial charge in [0.2, 0.25) is 0 Å². The van der Waals surface area contributed by atoms with E-state index in [1.165, 1.54) is 76.2 Å². The second kappa shape index (κ2) is 8.26. The first-order valence-corrected chi connectivity index (χ1v) is 13.4. The fraction of sp³-hybridized carbons (Fsp3) is 0.400. The Kier molecular flexibility index (Phi) is 4.98. The molecule has 6 nitrogen and oxygen atoms in total. The molecular formula is C30H34N6. The van der Waals surface area contributed by atoms with E-state index < -0.39 is 0 Å². The predicted molar refractivity (Wildman–Crippen MR) is 149 cm³/mol. The van der Waals surface area contributed by atoms with Crippen LogP contribution in [-0.4, -0.2) is 47.0 Å². The van der Waals surface area contributed by atoms with Crippen molar-refractivity contribution in [2.45, 2.75) is 37.5 Å². The molecule has 7 rings (SSSR count). The van der Waals surface area contributed by atoms with Crippen LogP contribution in [0.1, 0.15) is 54.4 Å². The van der Waals surface area contributed by atoms with E-state index in [4.69, 9.17) is 0 Å². The molecule has 2 aromatic carbocycles. The molecule has 0 amide bonds. The Morgan fingerprint density at radius 3 is 1.64 bits per heavy atom. The number of hydrogen-bond acceptors (Lipinski definition) is 4. The highest BCUT2D eigenvalue weighted by Gasteiger charge is 2.40. The van der Waals surface area contributed by atoms with Crippen molar-refractivity contribution in [1.82, 2.24) is 19.8 Å². The van der Waals surface area contributed by atoms with Crippen molar-refractivity contribution >= 4 is 33.5 Å². The first kappa shape index (κ1) is 21.7. The third-order valence-corrected chi connectivity index (χ3v) is 8.61. The van der Waals surface area contributed by atoms with Crippen LogP contribution in [0.4, 0.5) is 0 Å². The zero-order valence-corrected chi connectivity index (χ0v) is 21.3. The van der Waals surface area contributed by atoms with Crippen LogP contribution in [0.3, 0.4) is 0 Å². The Labute approximate surface area is 212 Å². The van der Waals surface area contributed by atoms with Crippen LogP contribution in [0.25, 0.3) is 21.8 Å². The van der Waals surface area contributed by atoms with Gasteiger partial charge in [0.15, 0.2) is 0 Å². The third-order valence-electron chi connectivity index (χ3n) is 8.61. The number of nitrogens with zero attached hydrogens (tertiary/aromatic N) is 4. The minimum atomic E-state index is 0.0204. The van der Waals surface area contributed by atoms with Crippen LogP contribution in [-0.2, 0) is 19.5 Å². The highest BCUT2D eigenvalue weighted by molar-refractivity contribution is 6.04. The molecule has 6 heteroatoms. The van der Waals surface area contributed by atoms with E-state index in [2.05, 4.69) is 92.6 Å². The average Bonchev–Trinajstić information content (AvgIpc) is 3.72. The highest BCUT2D eigenvalue weighted by atomic mass is 15.1. The zero-order chi connectivity index (χ0) is 24.3. The van der Waals surface area contributed by atoms with Gasteiger partial charge in [-0.1, -0.05) is 43.5 Å². The summed E-state index contributed by atoms with van der Waals surface area (Å²) in [5.41, 5.74) is 7.93. The van der Waals surface area contributed by atoms with Crippen molar-refractivity contribution in [3.8, 4) is 0 Å². The fourth-order valence-electron chi connectivity index (χ4n) is 6.85. The number of hydrogen-bond donors (Lipinski definition) is 2. The van der Waals surface area contributed by atoms with Crippen LogP contribution >= 0.6 is 0 Å². The Morgan fingerprint density at radius 1 is 0.694 bits per heavy atom. The maximum absolute atomic E-state index is 4.65. The lowest BCUT2D eigenvalue weighted by Crippen LogP contribution is -2.30. The van der Waals surface area contributed by atoms with Crippen molar-refractivity contribution in [3.05, 3.63) is 71.0 Å². The van der Waals surface area contributed by atoms with E-state index >= 15 is 0 Å². The van der Waals surface area contributed by atoms with Gasteiger partial charge in [-0.2, -0.15) is 0 Å². The van der Waals surface area contributed by atoms with E-state index in [1.54, 1.807) is 0 Å². The number of nitrogens with one attached hydrogen (secondary N) is 2. The normalized spacial score (nSPS) is 19.4. The number of amidine groups is 2. The SMILES string of the molecule is Cn1cc(C2(c3cn(C)c4cc(C5=NCCN5)ccc34)CCCCC2)c2ccc(C3=NCCN3)cc21. The number of aliphatic imine (C=N–C) groups is 2. The maximum Gasteiger partial charge on any atom is 0.128 e. The third kappa shape index (κ3) is 3.23. The van der Waals surface area contributed by atoms with E-state index in [9.17, 15) is 0 Å². The highest BCUT2D eigenvalue weighted by Crippen LogP contribution is 2.50. The summed E-state index contributed by atoms with van der Waals surface area (Å²) in [6.07, 6.45) is 11.1. The van der Waals surface area contributed by atoms with Gasteiger partial charge in [-0.25, -0.2) is 0 Å². The molecule has 184 valence electrons. The molecule has 0 spiro atoms. The van der Waals surface area contributed by atoms with Gasteiger partial charge in [0, 0.05) is 77.9 Å². The van der Waals surface area contributed by atoms with Crippen LogP contribution in [0.5, 0.6) is 0 Å². The minimum absolute atomic E-state index is 0.0204. The summed E-state index contributed by atoms with van der Waals surface area (Å²) in [5.74, 6) is 2.05. The predicted octanol–water partition coefficient (Wildman–Crippen LogP) is 4.62. The van der Waals surface area contributed by atoms with Crippen molar-refractivity contribution in [2.75, 3.05) is 26.2 Å². The Morgan fingerprint density at radius 2 is 1.19 bits per heavy atom. The smallest absolute Gasteiger partial charge is 0.128 e. The molecule has 1 aliphatic carbocycles. The molecule has 1 saturated carbocycles. The number of aromatic nitrogens is 2. The molecule has 3 aliphatic rings. The summed E-state index contributed by atoms with van der Waals surface area (Å²) in [6.45, 7) is 3.59. The van der Waals surface area contributed by atoms with Gasteiger partial charge in [0.1, 0.15) is 11.7 Å². The lowest BCUT2D eigenvalue weighted by atomic mass is 9.65. The van der Waals surface area contributed by atoms with Crippen molar-refractivity contribution in [3.63, 3.8) is 0 Å². The Bertz CT molecular complexity index is 1430. The van der Waals surface area contributed by atoms with E-state index in [0.717, 1.165) is 37.9 Å². The second-order valence-electron chi connectivity index (χ2n) is 10.7. The molecule has 0 bridgehead atoms. The summed E-state index contributed by atoms with van der Waals surface area (Å²) < 4.78 is 4.65. The summed E-state index contributed by atoms with van der Waals surface area (Å²) in [5, 5.41) is 9.62. The molecule has 2 aliphatic heterocycles. The monoisotopic (exact) mass is 478 g/mol. The van der Waals surface area contributed by atoms with Crippen molar-refractivity contribution < 1.29 is 0 Å². The minimum Gasteiger partial charge on any atom is -0.368 e. The lowest BCUT2D eigenvalue weighted by Gasteiger charge is -2.38. The van der Waals surface area contributed by atoms with E-state index in [1.807, 2.05) is 0 Å². The summed E-state index contributed by atoms with van der Waals surface area (Å²) in [6, 6.07) is 13.8. The van der Waals surface area contributed by atoms with Crippen LogP contribution < -0.4 is 10.6 Å². The zero-order valence-electron chi connectivity index (χ0n) is 21.3. The molecule has 2 aromatic heterocycles. The van der Waals surface area contributed by atoms with Gasteiger partial charge >= 0.3 is 0 Å². The van der Waals surface area contributed by atoms with Gasteiger partial charge in [-0.15, -0.1) is 0 Å². The molecule has 0 radical (unpaired) electrons. The van der Waals surface area contributed by atoms with E-state index in [-0.39, 0.29) is 5.41 Å². The van der Waals surface area contributed by atoms with Gasteiger partial charge in [-0.05, 0) is 36.1 Å². The number of rotatable bonds is 4. The Hall–Kier alpha value is -3.54. The number of fused-ring (bicyclic) bond motifs is 2. The van der Waals surface area contributed by atoms with Crippen LogP contribution in [0.2, 0.25) is 0 Å². The van der Waals surface area contributed by atoms with E-state index in [0.29, 0.717) is 0 Å². The van der Waals surface area contributed by atoms with Gasteiger partial charge in [0.25, 0.3) is 0 Å². The molecule has 2 N–H and O–H groups in total. The van der Waals surface area contributed by atoms with Crippen molar-refractivity contribution in [2.24, 2.45) is 24.1 Å². The Balaban J connectivity index is 1.40. The van der Waals surface area contributed by atoms with Gasteiger partial charge in [0.05, 0.1) is 13.1 Å². The molecule has 4 heterocycles. The largest absolute Gasteiger partial charge is 0.368 e. The average molecular weight is 479 g/mol. The summed E-state index contributed by atoms with van der Waals surface area (Å²) in [7, 11) is 4.39. The number of aryl methyl sites for hydroxylation is 2. The van der Waals surface area contributed by atoms with Crippen molar-refractivity contribution in [1.29, 1.82) is 0 Å². The fourth-order valence-corrected chi connectivity index (χ4v) is 6.85. The van der Waals surface area contributed by atoms with Crippen LogP contribution in [0, 0.1) is 0 Å². The molecule has 0 atom stereocenters. The molecule has 36 heavy (non-hydrogen) atoms. The second-order valence-corrected chi connectivity index (χ2v) is 10.7. The maximum atomic E-state index is 4.65. The molecule has 4 aromatic rings. The molecule has 0 saturated heterocycles. The molecule has 1 fully saturated rings. The molecular weight excluding hydrogens is 444 g/mol. The quantitative estimate of drug-likeness (QED) is 0.450. The lowest BCUT2D eigenvalue weighted by molar-refractivity contribution is 0.349. The first-order valence-electron chi connectivity index (χ1n) is 13.4. The number of benzene rings is 2. The topological polar surface area (TPSA) is 58.6 Å². The summed E-state index contributed by atoms with van der Waals surface area (Å²) in [4.78, 5) is 9.31. The van der Waals surface area contributed by atoms with Gasteiger partial charge < -0.3 is 19.8 Å². The van der Waals surface area contributed by atoms with Gasteiger partial charge in [-0.3, -0.25) is 9.98 Å². The first-order chi connectivity index (χ1) is 17.6. The van der Waals surface area contributed by atoms with Crippen LogP contribution in [0.15, 0.2) is 58.8 Å².